The summed E-state index contributed by atoms with van der Waals surface area (Å²) in [5.41, 5.74) is 10.7. The molecule has 1 unspecified atom stereocenters. The monoisotopic (exact) mass is 681 g/mol. The zero-order valence-electron chi connectivity index (χ0n) is 29.4. The van der Waals surface area contributed by atoms with Crippen LogP contribution in [-0.2, 0) is 32.1 Å². The van der Waals surface area contributed by atoms with Crippen molar-refractivity contribution >= 4 is 46.7 Å². The summed E-state index contributed by atoms with van der Waals surface area (Å²) in [6.07, 6.45) is 0.172. The molecular formula is C36H51N5O8. The molecule has 10 N–H and O–H groups in total. The van der Waals surface area contributed by atoms with E-state index in [2.05, 4.69) is 53.6 Å². The molecule has 1 saturated carbocycles. The molecule has 13 nitrogen and oxygen atoms in total. The van der Waals surface area contributed by atoms with Crippen molar-refractivity contribution in [1.29, 1.82) is 0 Å². The third-order valence-electron chi connectivity index (χ3n) is 8.84. The van der Waals surface area contributed by atoms with Gasteiger partial charge in [-0.25, -0.2) is 0 Å². The second-order valence-corrected chi connectivity index (χ2v) is 11.2. The number of hydrogen-bond acceptors (Lipinski definition) is 11. The largest absolute Gasteiger partial charge is 0.508 e. The summed E-state index contributed by atoms with van der Waals surface area (Å²) >= 11 is 0. The normalized spacial score (nSPS) is 20.4. The average molecular weight is 682 g/mol. The van der Waals surface area contributed by atoms with Crippen LogP contribution in [0, 0.1) is 11.8 Å². The van der Waals surface area contributed by atoms with Crippen LogP contribution in [0.4, 0.5) is 17.1 Å². The van der Waals surface area contributed by atoms with Crippen molar-refractivity contribution in [2.24, 2.45) is 17.6 Å². The lowest BCUT2D eigenvalue weighted by Gasteiger charge is -2.46. The maximum absolute atomic E-state index is 13.4. The van der Waals surface area contributed by atoms with Gasteiger partial charge in [-0.2, -0.15) is 0 Å². The van der Waals surface area contributed by atoms with Gasteiger partial charge in [0, 0.05) is 67.2 Å². The Labute approximate surface area is 287 Å². The summed E-state index contributed by atoms with van der Waals surface area (Å²) < 4.78 is 0. The molecule has 0 radical (unpaired) electrons. The number of nitrogen functional groups attached to an aromatic ring is 1. The van der Waals surface area contributed by atoms with Gasteiger partial charge in [-0.1, -0.05) is 27.7 Å². The Balaban J connectivity index is 0.000000410. The minimum Gasteiger partial charge on any atom is -0.508 e. The second kappa shape index (κ2) is 17.4. The summed E-state index contributed by atoms with van der Waals surface area (Å²) in [6.45, 7) is 14.4. The number of ketones is 2. The fraction of sp³-hybridized carbons (Fsp3) is 0.444. The molecule has 2 aromatic carbocycles. The summed E-state index contributed by atoms with van der Waals surface area (Å²) in [5, 5.41) is 48.8. The molecule has 268 valence electrons. The van der Waals surface area contributed by atoms with Gasteiger partial charge in [0.1, 0.15) is 22.8 Å². The average Bonchev–Trinajstić information content (AvgIpc) is 3.10. The van der Waals surface area contributed by atoms with Crippen molar-refractivity contribution in [3.8, 4) is 5.75 Å². The summed E-state index contributed by atoms with van der Waals surface area (Å²) in [6, 6.07) is 9.96. The first-order chi connectivity index (χ1) is 23.3. The number of nitrogens with one attached hydrogen (secondary N) is 2. The van der Waals surface area contributed by atoms with Crippen LogP contribution >= 0.6 is 0 Å². The first-order valence-corrected chi connectivity index (χ1v) is 16.7. The summed E-state index contributed by atoms with van der Waals surface area (Å²) in [5.74, 6) is -7.00. The Morgan fingerprint density at radius 2 is 1.63 bits per heavy atom. The predicted molar refractivity (Wildman–Crippen MR) is 191 cm³/mol. The quantitative estimate of drug-likeness (QED) is 0.0863. The molecule has 1 fully saturated rings. The van der Waals surface area contributed by atoms with Crippen molar-refractivity contribution in [3.05, 3.63) is 63.9 Å². The zero-order valence-corrected chi connectivity index (χ0v) is 29.4. The van der Waals surface area contributed by atoms with Gasteiger partial charge in [-0.3, -0.25) is 19.2 Å². The van der Waals surface area contributed by atoms with Gasteiger partial charge < -0.3 is 47.4 Å². The Morgan fingerprint density at radius 1 is 1.04 bits per heavy atom. The number of Topliss-reactive ketones (excluding diaryl/α,β-unsaturated/α-hetero) is 2. The summed E-state index contributed by atoms with van der Waals surface area (Å²) in [7, 11) is 1.94. The Kier molecular flexibility index (Phi) is 14.2. The van der Waals surface area contributed by atoms with Crippen LogP contribution in [0.1, 0.15) is 71.1 Å². The fourth-order valence-corrected chi connectivity index (χ4v) is 6.49. The van der Waals surface area contributed by atoms with Crippen LogP contribution in [-0.4, -0.2) is 70.0 Å². The molecule has 13 heteroatoms. The van der Waals surface area contributed by atoms with E-state index in [4.69, 9.17) is 11.5 Å². The second-order valence-electron chi connectivity index (χ2n) is 11.2. The smallest absolute Gasteiger partial charge is 0.255 e. The molecular weight excluding hydrogens is 630 g/mol. The number of amides is 2. The number of rotatable bonds is 8. The molecule has 2 aromatic rings. The number of carbonyl (C=O) groups is 4. The highest BCUT2D eigenvalue weighted by atomic mass is 16.3. The molecule has 3 aliphatic rings. The number of benzene rings is 2. The van der Waals surface area contributed by atoms with Crippen LogP contribution < -0.4 is 27.0 Å². The molecule has 3 aliphatic carbocycles. The van der Waals surface area contributed by atoms with Crippen molar-refractivity contribution in [1.82, 2.24) is 5.32 Å². The van der Waals surface area contributed by atoms with Crippen molar-refractivity contribution in [3.63, 3.8) is 0 Å². The van der Waals surface area contributed by atoms with Crippen LogP contribution in [0.15, 0.2) is 47.2 Å². The number of carbonyl (C=O) groups excluding carboxylic acids is 4. The van der Waals surface area contributed by atoms with Crippen LogP contribution in [0.25, 0.3) is 5.76 Å². The number of hydrogen-bond donors (Lipinski definition) is 8. The Morgan fingerprint density at radius 3 is 2.14 bits per heavy atom. The number of nitrogens with two attached hydrogens (primary N) is 2. The van der Waals surface area contributed by atoms with Crippen molar-refractivity contribution in [2.75, 3.05) is 36.1 Å². The Bertz CT molecular complexity index is 1600. The summed E-state index contributed by atoms with van der Waals surface area (Å²) in [4.78, 5) is 50.3. The van der Waals surface area contributed by atoms with Crippen LogP contribution in [0.5, 0.6) is 5.75 Å². The number of primary amides is 1. The van der Waals surface area contributed by atoms with E-state index < -0.39 is 57.8 Å². The molecule has 0 saturated heterocycles. The molecule has 3 atom stereocenters. The number of fused-ring (bicyclic) bond motifs is 3. The molecule has 0 spiro atoms. The minimum absolute atomic E-state index is 0.0254. The minimum atomic E-state index is -2.62. The number of nitrogens with zero attached hydrogens (tertiary/aromatic N) is 1. The van der Waals surface area contributed by atoms with Gasteiger partial charge in [0.15, 0.2) is 11.4 Å². The van der Waals surface area contributed by atoms with Crippen LogP contribution in [0.3, 0.4) is 0 Å². The maximum atomic E-state index is 13.4. The lowest BCUT2D eigenvalue weighted by molar-refractivity contribution is -0.147. The molecule has 0 heterocycles. The molecule has 2 amide bonds. The van der Waals surface area contributed by atoms with E-state index in [0.29, 0.717) is 12.0 Å². The topological polar surface area (TPSA) is 229 Å². The van der Waals surface area contributed by atoms with E-state index in [1.165, 1.54) is 11.8 Å². The number of aliphatic hydroxyl groups is 3. The number of phenolic OH excluding ortho intramolecular Hbond substituents is 1. The van der Waals surface area contributed by atoms with Gasteiger partial charge in [-0.15, -0.1) is 0 Å². The lowest BCUT2D eigenvalue weighted by atomic mass is 9.59. The van der Waals surface area contributed by atoms with Gasteiger partial charge in [0.2, 0.25) is 12.2 Å². The molecule has 0 bridgehead atoms. The van der Waals surface area contributed by atoms with E-state index in [-0.39, 0.29) is 48.2 Å². The first kappa shape index (κ1) is 40.1. The Hall–Kier alpha value is -5.04. The van der Waals surface area contributed by atoms with Gasteiger partial charge in [0.05, 0.1) is 5.56 Å². The van der Waals surface area contributed by atoms with E-state index in [1.54, 1.807) is 0 Å². The van der Waals surface area contributed by atoms with E-state index in [1.807, 2.05) is 34.7 Å². The predicted octanol–water partition coefficient (Wildman–Crippen LogP) is 3.88. The molecule has 0 aromatic heterocycles. The van der Waals surface area contributed by atoms with Crippen molar-refractivity contribution in [2.45, 2.75) is 73.0 Å². The lowest BCUT2D eigenvalue weighted by Crippen LogP contribution is -2.58. The zero-order chi connectivity index (χ0) is 37.2. The highest BCUT2D eigenvalue weighted by Crippen LogP contribution is 2.53. The number of anilines is 3. The van der Waals surface area contributed by atoms with Gasteiger partial charge in [-0.05, 0) is 68.5 Å². The molecule has 5 rings (SSSR count). The van der Waals surface area contributed by atoms with Crippen molar-refractivity contribution < 1.29 is 39.6 Å². The highest BCUT2D eigenvalue weighted by molar-refractivity contribution is 6.22. The fourth-order valence-electron chi connectivity index (χ4n) is 6.49. The molecule has 49 heavy (non-hydrogen) atoms. The van der Waals surface area contributed by atoms with Crippen LogP contribution in [0.2, 0.25) is 0 Å². The van der Waals surface area contributed by atoms with E-state index in [0.717, 1.165) is 18.8 Å². The maximum Gasteiger partial charge on any atom is 0.255 e. The first-order valence-electron chi connectivity index (χ1n) is 16.7. The van der Waals surface area contributed by atoms with Gasteiger partial charge in [0.25, 0.3) is 5.91 Å². The SMILES string of the molecule is CC.CC.CCN(CC)c1ccc(NC)cc1.NC(=O)C1=C(O)[C@@]2(O)C(=O)C3=C(O)c4c(O)c(CNC=O)cc(N)c4CC3C[C@H]2CC1=O. The number of phenols is 1. The van der Waals surface area contributed by atoms with E-state index >= 15 is 0 Å². The molecule has 0 aliphatic heterocycles. The number of aliphatic hydroxyl groups excluding tert-OH is 2. The third kappa shape index (κ3) is 7.67. The standard InChI is InChI=1S/C21H21N3O8.C11H18N2.2C2H6/c22-11-3-8(5-24-6-25)16(27)14-10(11)2-7-1-9-4-12(26)15(20(23)31)19(30)21(9,32)18(29)13(7)17(14)28;1-4-13(5-2)11-8-6-10(12-3)7-9-11;2*1-2/h3,6-7,9,27-28,30,32H,1-2,4-5,22H2,(H2,23,31)(H,24,25);6-9,12H,4-5H2,1-3H3;2*1-2H3/t7?,9-,21-;;;/m0.../s1. The highest BCUT2D eigenvalue weighted by Gasteiger charge is 2.60. The van der Waals surface area contributed by atoms with Gasteiger partial charge >= 0.3 is 0 Å². The van der Waals surface area contributed by atoms with E-state index in [9.17, 15) is 39.6 Å². The third-order valence-corrected chi connectivity index (χ3v) is 8.84. The number of aromatic hydroxyl groups is 1.